The highest BCUT2D eigenvalue weighted by atomic mass is 16.5. The first-order valence-electron chi connectivity index (χ1n) is 4.26. The van der Waals surface area contributed by atoms with Gasteiger partial charge in [0.2, 0.25) is 5.91 Å². The van der Waals surface area contributed by atoms with E-state index in [1.54, 1.807) is 0 Å². The molecule has 0 aromatic rings. The summed E-state index contributed by atoms with van der Waals surface area (Å²) in [6.45, 7) is 0.616. The molecular formula is C8H14N2O3. The number of nitrogens with zero attached hydrogens (tertiary/aromatic N) is 1. The van der Waals surface area contributed by atoms with E-state index in [0.29, 0.717) is 13.0 Å². The lowest BCUT2D eigenvalue weighted by atomic mass is 10.1. The maximum atomic E-state index is 11.4. The predicted octanol–water partition coefficient (Wildman–Crippen LogP) is -0.891. The number of piperidine rings is 1. The molecule has 0 spiro atoms. The van der Waals surface area contributed by atoms with Gasteiger partial charge in [-0.25, -0.2) is 0 Å². The predicted molar refractivity (Wildman–Crippen MR) is 45.8 cm³/mol. The van der Waals surface area contributed by atoms with Gasteiger partial charge in [-0.15, -0.1) is 0 Å². The smallest absolute Gasteiger partial charge is 0.325 e. The molecule has 1 rings (SSSR count). The molecule has 0 aromatic carbocycles. The molecule has 0 saturated carbocycles. The van der Waals surface area contributed by atoms with Gasteiger partial charge in [-0.05, 0) is 12.8 Å². The van der Waals surface area contributed by atoms with Crippen LogP contribution in [0.5, 0.6) is 0 Å². The maximum Gasteiger partial charge on any atom is 0.325 e. The molecule has 0 aromatic heterocycles. The summed E-state index contributed by atoms with van der Waals surface area (Å²) < 4.78 is 4.46. The summed E-state index contributed by atoms with van der Waals surface area (Å²) in [6.07, 6.45) is 1.56. The number of esters is 1. The van der Waals surface area contributed by atoms with Crippen molar-refractivity contribution in [3.8, 4) is 0 Å². The second-order valence-corrected chi connectivity index (χ2v) is 3.08. The molecule has 13 heavy (non-hydrogen) atoms. The Bertz CT molecular complexity index is 217. The van der Waals surface area contributed by atoms with Gasteiger partial charge in [-0.3, -0.25) is 9.59 Å². The molecule has 1 saturated heterocycles. The van der Waals surface area contributed by atoms with Crippen LogP contribution < -0.4 is 5.73 Å². The van der Waals surface area contributed by atoms with Crippen LogP contribution >= 0.6 is 0 Å². The highest BCUT2D eigenvalue weighted by molar-refractivity contribution is 5.86. The fourth-order valence-electron chi connectivity index (χ4n) is 1.35. The summed E-state index contributed by atoms with van der Waals surface area (Å²) in [7, 11) is 1.30. The number of ether oxygens (including phenoxy) is 1. The van der Waals surface area contributed by atoms with Crippen molar-refractivity contribution in [1.82, 2.24) is 4.90 Å². The zero-order valence-electron chi connectivity index (χ0n) is 7.66. The number of likely N-dealkylation sites (tertiary alicyclic amines) is 1. The van der Waals surface area contributed by atoms with Gasteiger partial charge >= 0.3 is 5.97 Å². The van der Waals surface area contributed by atoms with E-state index < -0.39 is 12.0 Å². The Morgan fingerprint density at radius 2 is 2.46 bits per heavy atom. The van der Waals surface area contributed by atoms with E-state index in [2.05, 4.69) is 4.74 Å². The average molecular weight is 186 g/mol. The number of rotatable bonds is 2. The van der Waals surface area contributed by atoms with E-state index in [1.165, 1.54) is 12.0 Å². The number of hydrogen-bond donors (Lipinski definition) is 1. The quantitative estimate of drug-likeness (QED) is 0.568. The zero-order chi connectivity index (χ0) is 9.84. The van der Waals surface area contributed by atoms with E-state index in [0.717, 1.165) is 6.42 Å². The van der Waals surface area contributed by atoms with Crippen LogP contribution in [0, 0.1) is 0 Å². The first kappa shape index (κ1) is 9.98. The molecule has 1 unspecified atom stereocenters. The third-order valence-corrected chi connectivity index (χ3v) is 2.12. The highest BCUT2D eigenvalue weighted by Crippen LogP contribution is 2.09. The molecule has 74 valence electrons. The molecule has 1 atom stereocenters. The monoisotopic (exact) mass is 186 g/mol. The minimum atomic E-state index is -0.446. The van der Waals surface area contributed by atoms with E-state index in [9.17, 15) is 9.59 Å². The van der Waals surface area contributed by atoms with Crippen LogP contribution in [-0.4, -0.2) is 43.0 Å². The summed E-state index contributed by atoms with van der Waals surface area (Å²) in [5, 5.41) is 0. The number of carbonyl (C=O) groups excluding carboxylic acids is 2. The van der Waals surface area contributed by atoms with Crippen molar-refractivity contribution in [3.63, 3.8) is 0 Å². The molecular weight excluding hydrogens is 172 g/mol. The van der Waals surface area contributed by atoms with Crippen molar-refractivity contribution in [2.24, 2.45) is 5.73 Å². The second kappa shape index (κ2) is 4.23. The van der Waals surface area contributed by atoms with E-state index >= 15 is 0 Å². The lowest BCUT2D eigenvalue weighted by molar-refractivity contribution is -0.148. The third kappa shape index (κ3) is 2.42. The molecule has 1 amide bonds. The maximum absolute atomic E-state index is 11.4. The molecule has 0 bridgehead atoms. The minimum Gasteiger partial charge on any atom is -0.468 e. The summed E-state index contributed by atoms with van der Waals surface area (Å²) in [6, 6.07) is -0.446. The normalized spacial score (nSPS) is 23.1. The SMILES string of the molecule is COC(=O)CN1CCCC(N)C1=O. The van der Waals surface area contributed by atoms with Crippen LogP contribution in [0.3, 0.4) is 0 Å². The van der Waals surface area contributed by atoms with Gasteiger partial charge in [0, 0.05) is 6.54 Å². The van der Waals surface area contributed by atoms with Gasteiger partial charge in [0.1, 0.15) is 6.54 Å². The Morgan fingerprint density at radius 3 is 3.08 bits per heavy atom. The number of hydrogen-bond acceptors (Lipinski definition) is 4. The van der Waals surface area contributed by atoms with Crippen molar-refractivity contribution in [2.75, 3.05) is 20.2 Å². The van der Waals surface area contributed by atoms with Crippen LogP contribution in [-0.2, 0) is 14.3 Å². The van der Waals surface area contributed by atoms with Crippen molar-refractivity contribution in [1.29, 1.82) is 0 Å². The molecule has 0 radical (unpaired) electrons. The lowest BCUT2D eigenvalue weighted by Gasteiger charge is -2.29. The highest BCUT2D eigenvalue weighted by Gasteiger charge is 2.26. The Labute approximate surface area is 76.8 Å². The topological polar surface area (TPSA) is 72.6 Å². The van der Waals surface area contributed by atoms with Crippen LogP contribution in [0.25, 0.3) is 0 Å². The number of amides is 1. The van der Waals surface area contributed by atoms with Gasteiger partial charge in [0.05, 0.1) is 13.2 Å². The number of carbonyl (C=O) groups is 2. The van der Waals surface area contributed by atoms with Crippen LogP contribution in [0.1, 0.15) is 12.8 Å². The lowest BCUT2D eigenvalue weighted by Crippen LogP contribution is -2.50. The average Bonchev–Trinajstić information content (AvgIpc) is 2.13. The largest absolute Gasteiger partial charge is 0.468 e. The second-order valence-electron chi connectivity index (χ2n) is 3.08. The van der Waals surface area contributed by atoms with Crippen LogP contribution in [0.2, 0.25) is 0 Å². The van der Waals surface area contributed by atoms with Crippen molar-refractivity contribution < 1.29 is 14.3 Å². The van der Waals surface area contributed by atoms with Gasteiger partial charge in [0.25, 0.3) is 0 Å². The Morgan fingerprint density at radius 1 is 1.77 bits per heavy atom. The van der Waals surface area contributed by atoms with Crippen molar-refractivity contribution in [2.45, 2.75) is 18.9 Å². The molecule has 2 N–H and O–H groups in total. The minimum absolute atomic E-state index is 0.0169. The summed E-state index contributed by atoms with van der Waals surface area (Å²) >= 11 is 0. The Balaban J connectivity index is 2.49. The molecule has 5 nitrogen and oxygen atoms in total. The van der Waals surface area contributed by atoms with Gasteiger partial charge in [0.15, 0.2) is 0 Å². The first-order chi connectivity index (χ1) is 6.15. The van der Waals surface area contributed by atoms with Crippen molar-refractivity contribution in [3.05, 3.63) is 0 Å². The van der Waals surface area contributed by atoms with Gasteiger partial charge in [-0.1, -0.05) is 0 Å². The van der Waals surface area contributed by atoms with E-state index in [-0.39, 0.29) is 12.5 Å². The van der Waals surface area contributed by atoms with Gasteiger partial charge < -0.3 is 15.4 Å². The molecule has 1 fully saturated rings. The van der Waals surface area contributed by atoms with Crippen LogP contribution in [0.15, 0.2) is 0 Å². The molecule has 1 aliphatic rings. The molecule has 0 aliphatic carbocycles. The molecule has 5 heteroatoms. The number of nitrogens with two attached hydrogens (primary N) is 1. The van der Waals surface area contributed by atoms with Crippen molar-refractivity contribution >= 4 is 11.9 Å². The van der Waals surface area contributed by atoms with E-state index in [4.69, 9.17) is 5.73 Å². The molecule has 1 heterocycles. The van der Waals surface area contributed by atoms with E-state index in [1.807, 2.05) is 0 Å². The summed E-state index contributed by atoms with van der Waals surface area (Å²) in [5.74, 6) is -0.556. The number of methoxy groups -OCH3 is 1. The van der Waals surface area contributed by atoms with Gasteiger partial charge in [-0.2, -0.15) is 0 Å². The summed E-state index contributed by atoms with van der Waals surface area (Å²) in [5.41, 5.74) is 5.54. The third-order valence-electron chi connectivity index (χ3n) is 2.12. The fraction of sp³-hybridized carbons (Fsp3) is 0.750. The zero-order valence-corrected chi connectivity index (χ0v) is 7.66. The standard InChI is InChI=1S/C8H14N2O3/c1-13-7(11)5-10-4-2-3-6(9)8(10)12/h6H,2-5,9H2,1H3. The summed E-state index contributed by atoms with van der Waals surface area (Å²) in [4.78, 5) is 23.7. The van der Waals surface area contributed by atoms with Crippen LogP contribution in [0.4, 0.5) is 0 Å². The Hall–Kier alpha value is -1.10. The molecule has 1 aliphatic heterocycles. The Kier molecular flexibility index (Phi) is 3.25. The fourth-order valence-corrected chi connectivity index (χ4v) is 1.35. The first-order valence-corrected chi connectivity index (χ1v) is 4.26.